The van der Waals surface area contributed by atoms with E-state index < -0.39 is 3.64 Å². The fraction of sp³-hybridized carbons (Fsp3) is 1.00. The van der Waals surface area contributed by atoms with Gasteiger partial charge in [-0.2, -0.15) is 0 Å². The van der Waals surface area contributed by atoms with Gasteiger partial charge >= 0.3 is 0 Å². The van der Waals surface area contributed by atoms with Gasteiger partial charge in [0.15, 0.2) is 0 Å². The van der Waals surface area contributed by atoms with Crippen LogP contribution in [0, 0.1) is 0 Å². The van der Waals surface area contributed by atoms with Crippen molar-refractivity contribution in [2.75, 3.05) is 17.3 Å². The normalized spacial score (nSPS) is 11.9. The summed E-state index contributed by atoms with van der Waals surface area (Å²) in [6.45, 7) is 6.71. The minimum atomic E-state index is -1.19. The van der Waals surface area contributed by atoms with Crippen molar-refractivity contribution >= 4 is 49.6 Å². The van der Waals surface area contributed by atoms with E-state index in [9.17, 15) is 0 Å². The molecule has 0 N–H and O–H groups in total. The smallest absolute Gasteiger partial charge is 0.104 e. The van der Waals surface area contributed by atoms with E-state index in [4.69, 9.17) is 11.8 Å². The molecule has 86 valence electrons. The minimum absolute atomic E-state index is 1.19. The van der Waals surface area contributed by atoms with Gasteiger partial charge in [0.1, 0.15) is 3.64 Å². The monoisotopic (exact) mass is 288 g/mol. The lowest BCUT2D eigenvalue weighted by Crippen LogP contribution is -1.78. The molecule has 0 spiro atoms. The average molecular weight is 289 g/mol. The maximum Gasteiger partial charge on any atom is 0.109 e. The topological polar surface area (TPSA) is 0 Å². The van der Waals surface area contributed by atoms with Gasteiger partial charge in [-0.1, -0.05) is 32.6 Å². The molecule has 0 aromatic carbocycles. The fourth-order valence-electron chi connectivity index (χ4n) is 0.721. The Kier molecular flexibility index (Phi) is 11.1. The summed E-state index contributed by atoms with van der Waals surface area (Å²) in [6, 6.07) is 0. The van der Waals surface area contributed by atoms with Gasteiger partial charge in [0.2, 0.25) is 0 Å². The van der Waals surface area contributed by atoms with Crippen LogP contribution in [0.25, 0.3) is 0 Å². The standard InChI is InChI=1S/C9H21PS4/c1-4-7-12-10(11,13-8-5-2)14-9-6-3/h4-9H2,1-3H3. The molecule has 0 aromatic heterocycles. The van der Waals surface area contributed by atoms with Crippen LogP contribution in [-0.2, 0) is 11.8 Å². The van der Waals surface area contributed by atoms with Crippen molar-refractivity contribution in [3.05, 3.63) is 0 Å². The van der Waals surface area contributed by atoms with E-state index in [2.05, 4.69) is 54.9 Å². The first-order valence-electron chi connectivity index (χ1n) is 5.22. The van der Waals surface area contributed by atoms with Crippen LogP contribution in [0.1, 0.15) is 40.0 Å². The Morgan fingerprint density at radius 1 is 0.786 bits per heavy atom. The Hall–Kier alpha value is 1.70. The molecule has 0 fully saturated rings. The van der Waals surface area contributed by atoms with E-state index in [1.54, 1.807) is 0 Å². The van der Waals surface area contributed by atoms with Crippen molar-refractivity contribution in [1.29, 1.82) is 0 Å². The molecular weight excluding hydrogens is 267 g/mol. The molecular formula is C9H21PS4. The van der Waals surface area contributed by atoms with Crippen LogP contribution < -0.4 is 0 Å². The second-order valence-corrected chi connectivity index (χ2v) is 18.9. The SMILES string of the molecule is CCCSP(=S)(SCCC)SCCC. The van der Waals surface area contributed by atoms with Crippen molar-refractivity contribution in [3.63, 3.8) is 0 Å². The van der Waals surface area contributed by atoms with E-state index in [1.807, 2.05) is 0 Å². The molecule has 0 nitrogen and oxygen atoms in total. The quantitative estimate of drug-likeness (QED) is 0.503. The molecule has 0 bridgehead atoms. The number of hydrogen-bond donors (Lipinski definition) is 0. The van der Waals surface area contributed by atoms with Gasteiger partial charge in [0.05, 0.1) is 0 Å². The molecule has 0 radical (unpaired) electrons. The summed E-state index contributed by atoms with van der Waals surface area (Å²) in [5.74, 6) is 3.72. The Morgan fingerprint density at radius 3 is 1.29 bits per heavy atom. The lowest BCUT2D eigenvalue weighted by atomic mass is 10.6. The molecule has 0 aromatic rings. The van der Waals surface area contributed by atoms with Gasteiger partial charge in [-0.25, -0.2) is 0 Å². The highest BCUT2D eigenvalue weighted by Gasteiger charge is 2.17. The Labute approximate surface area is 106 Å². The van der Waals surface area contributed by atoms with E-state index in [0.717, 1.165) is 0 Å². The molecule has 0 amide bonds. The maximum absolute atomic E-state index is 5.80. The van der Waals surface area contributed by atoms with Crippen LogP contribution in [0.2, 0.25) is 0 Å². The van der Waals surface area contributed by atoms with Crippen molar-refractivity contribution in [2.45, 2.75) is 40.0 Å². The van der Waals surface area contributed by atoms with Crippen LogP contribution >= 0.6 is 37.8 Å². The van der Waals surface area contributed by atoms with E-state index in [1.165, 1.54) is 36.5 Å². The summed E-state index contributed by atoms with van der Waals surface area (Å²) in [7, 11) is 0. The highest BCUT2D eigenvalue weighted by molar-refractivity contribution is 9.23. The summed E-state index contributed by atoms with van der Waals surface area (Å²) >= 11 is 12.0. The van der Waals surface area contributed by atoms with Gasteiger partial charge in [0.25, 0.3) is 0 Å². The third kappa shape index (κ3) is 7.92. The second kappa shape index (κ2) is 9.89. The van der Waals surface area contributed by atoms with Crippen LogP contribution in [-0.4, -0.2) is 17.3 Å². The first kappa shape index (κ1) is 15.7. The number of rotatable bonds is 9. The van der Waals surface area contributed by atoms with Gasteiger partial charge in [0, 0.05) is 0 Å². The zero-order chi connectivity index (χ0) is 10.9. The summed E-state index contributed by atoms with van der Waals surface area (Å²) in [5, 5.41) is 0. The maximum atomic E-state index is 5.80. The third-order valence-electron chi connectivity index (χ3n) is 1.36. The predicted molar refractivity (Wildman–Crippen MR) is 82.5 cm³/mol. The fourth-order valence-corrected chi connectivity index (χ4v) is 14.5. The average Bonchev–Trinajstić information content (AvgIpc) is 2.21. The van der Waals surface area contributed by atoms with E-state index in [0.29, 0.717) is 0 Å². The summed E-state index contributed by atoms with van der Waals surface area (Å²) < 4.78 is -1.19. The van der Waals surface area contributed by atoms with Crippen molar-refractivity contribution in [1.82, 2.24) is 0 Å². The zero-order valence-electron chi connectivity index (χ0n) is 9.32. The van der Waals surface area contributed by atoms with Crippen LogP contribution in [0.3, 0.4) is 0 Å². The first-order chi connectivity index (χ1) is 6.68. The van der Waals surface area contributed by atoms with E-state index >= 15 is 0 Å². The lowest BCUT2D eigenvalue weighted by Gasteiger charge is -2.19. The van der Waals surface area contributed by atoms with Crippen LogP contribution in [0.5, 0.6) is 0 Å². The summed E-state index contributed by atoms with van der Waals surface area (Å²) in [4.78, 5) is 0. The van der Waals surface area contributed by atoms with Crippen molar-refractivity contribution in [2.24, 2.45) is 0 Å². The molecule has 5 heteroatoms. The molecule has 0 heterocycles. The summed E-state index contributed by atoms with van der Waals surface area (Å²) in [5.41, 5.74) is 0. The van der Waals surface area contributed by atoms with Crippen LogP contribution in [0.4, 0.5) is 0 Å². The second-order valence-electron chi connectivity index (χ2n) is 2.95. The van der Waals surface area contributed by atoms with Gasteiger partial charge in [-0.05, 0) is 36.5 Å². The highest BCUT2D eigenvalue weighted by atomic mass is 33.5. The van der Waals surface area contributed by atoms with Gasteiger partial charge < -0.3 is 0 Å². The zero-order valence-corrected chi connectivity index (χ0v) is 13.5. The summed E-state index contributed by atoms with van der Waals surface area (Å²) in [6.07, 6.45) is 3.76. The highest BCUT2D eigenvalue weighted by Crippen LogP contribution is 2.78. The number of hydrogen-bond acceptors (Lipinski definition) is 4. The molecule has 0 aliphatic rings. The van der Waals surface area contributed by atoms with E-state index in [-0.39, 0.29) is 0 Å². The van der Waals surface area contributed by atoms with Crippen molar-refractivity contribution < 1.29 is 0 Å². The molecule has 0 aliphatic heterocycles. The first-order valence-corrected chi connectivity index (χ1v) is 12.8. The third-order valence-corrected chi connectivity index (χ3v) is 17.1. The molecule has 0 saturated carbocycles. The molecule has 0 rings (SSSR count). The predicted octanol–water partition coefficient (Wildman–Crippen LogP) is 5.64. The molecule has 0 atom stereocenters. The van der Waals surface area contributed by atoms with Crippen molar-refractivity contribution in [3.8, 4) is 0 Å². The Morgan fingerprint density at radius 2 is 1.07 bits per heavy atom. The molecule has 0 saturated heterocycles. The molecule has 0 aliphatic carbocycles. The van der Waals surface area contributed by atoms with Gasteiger partial charge in [-0.15, -0.1) is 34.1 Å². The van der Waals surface area contributed by atoms with Crippen LogP contribution in [0.15, 0.2) is 0 Å². The Balaban J connectivity index is 3.97. The Bertz CT molecular complexity index is 144. The lowest BCUT2D eigenvalue weighted by molar-refractivity contribution is 1.11. The minimum Gasteiger partial charge on any atom is -0.104 e. The van der Waals surface area contributed by atoms with Gasteiger partial charge in [-0.3, -0.25) is 0 Å². The molecule has 0 unspecified atom stereocenters. The largest absolute Gasteiger partial charge is 0.109 e. The molecule has 14 heavy (non-hydrogen) atoms.